The van der Waals surface area contributed by atoms with Crippen LogP contribution in [0.3, 0.4) is 0 Å². The summed E-state index contributed by atoms with van der Waals surface area (Å²) < 4.78 is 19.7. The molecule has 96 valence electrons. The molecule has 0 saturated heterocycles. The number of hydrogen-bond acceptors (Lipinski definition) is 2. The van der Waals surface area contributed by atoms with Crippen molar-refractivity contribution in [3.05, 3.63) is 58.2 Å². The molecule has 0 radical (unpaired) electrons. The highest BCUT2D eigenvalue weighted by molar-refractivity contribution is 9.10. The van der Waals surface area contributed by atoms with Gasteiger partial charge in [-0.25, -0.2) is 4.39 Å². The Hall–Kier alpha value is -1.13. The first-order chi connectivity index (χ1) is 8.72. The predicted molar refractivity (Wildman–Crippen MR) is 72.9 cm³/mol. The van der Waals surface area contributed by atoms with Crippen LogP contribution in [0.25, 0.3) is 0 Å². The minimum Gasteiger partial charge on any atom is -0.466 e. The van der Waals surface area contributed by atoms with Gasteiger partial charge in [-0.2, -0.15) is 0 Å². The van der Waals surface area contributed by atoms with Crippen LogP contribution in [0, 0.1) is 5.82 Å². The van der Waals surface area contributed by atoms with Crippen molar-refractivity contribution < 1.29 is 8.81 Å². The Balaban J connectivity index is 2.33. The van der Waals surface area contributed by atoms with E-state index in [2.05, 4.69) is 28.2 Å². The quantitative estimate of drug-likeness (QED) is 0.892. The average Bonchev–Trinajstić information content (AvgIpc) is 2.77. The molecule has 2 rings (SSSR count). The summed E-state index contributed by atoms with van der Waals surface area (Å²) in [5.41, 5.74) is 0.860. The SMILES string of the molecule is CCCNC(c1cccc(F)c1)c1occc1Br. The Kier molecular flexibility index (Phi) is 4.55. The lowest BCUT2D eigenvalue weighted by Crippen LogP contribution is -2.23. The molecular formula is C14H15BrFNO. The van der Waals surface area contributed by atoms with Gasteiger partial charge in [0.1, 0.15) is 11.6 Å². The Morgan fingerprint density at radius 1 is 1.39 bits per heavy atom. The molecule has 4 heteroatoms. The van der Waals surface area contributed by atoms with E-state index in [1.165, 1.54) is 12.1 Å². The van der Waals surface area contributed by atoms with Crippen molar-refractivity contribution in [3.63, 3.8) is 0 Å². The zero-order valence-electron chi connectivity index (χ0n) is 10.1. The topological polar surface area (TPSA) is 25.2 Å². The molecule has 0 saturated carbocycles. The molecule has 1 atom stereocenters. The molecule has 2 nitrogen and oxygen atoms in total. The fourth-order valence-corrected chi connectivity index (χ4v) is 2.28. The van der Waals surface area contributed by atoms with E-state index in [0.717, 1.165) is 28.8 Å². The molecule has 1 heterocycles. The van der Waals surface area contributed by atoms with Crippen LogP contribution in [0.5, 0.6) is 0 Å². The first-order valence-electron chi connectivity index (χ1n) is 5.94. The van der Waals surface area contributed by atoms with Gasteiger partial charge >= 0.3 is 0 Å². The van der Waals surface area contributed by atoms with Crippen LogP contribution in [-0.4, -0.2) is 6.54 Å². The maximum absolute atomic E-state index is 13.3. The molecule has 0 aliphatic carbocycles. The number of nitrogens with one attached hydrogen (secondary N) is 1. The van der Waals surface area contributed by atoms with Gasteiger partial charge in [0.2, 0.25) is 0 Å². The van der Waals surface area contributed by atoms with Gasteiger partial charge in [-0.05, 0) is 52.7 Å². The van der Waals surface area contributed by atoms with E-state index in [9.17, 15) is 4.39 Å². The van der Waals surface area contributed by atoms with Gasteiger partial charge in [0.05, 0.1) is 16.8 Å². The van der Waals surface area contributed by atoms with Gasteiger partial charge in [0.15, 0.2) is 0 Å². The van der Waals surface area contributed by atoms with E-state index >= 15 is 0 Å². The summed E-state index contributed by atoms with van der Waals surface area (Å²) in [5, 5.41) is 3.37. The van der Waals surface area contributed by atoms with Crippen molar-refractivity contribution in [1.82, 2.24) is 5.32 Å². The summed E-state index contributed by atoms with van der Waals surface area (Å²) in [6, 6.07) is 8.29. The van der Waals surface area contributed by atoms with E-state index in [1.807, 2.05) is 12.1 Å². The third-order valence-corrected chi connectivity index (χ3v) is 3.34. The molecule has 1 unspecified atom stereocenters. The van der Waals surface area contributed by atoms with Crippen molar-refractivity contribution in [3.8, 4) is 0 Å². The van der Waals surface area contributed by atoms with Gasteiger partial charge < -0.3 is 9.73 Å². The van der Waals surface area contributed by atoms with Crippen molar-refractivity contribution in [1.29, 1.82) is 0 Å². The zero-order valence-corrected chi connectivity index (χ0v) is 11.7. The number of benzene rings is 1. The zero-order chi connectivity index (χ0) is 13.0. The number of halogens is 2. The van der Waals surface area contributed by atoms with Crippen LogP contribution in [-0.2, 0) is 0 Å². The lowest BCUT2D eigenvalue weighted by molar-refractivity contribution is 0.443. The van der Waals surface area contributed by atoms with Gasteiger partial charge in [-0.3, -0.25) is 0 Å². The Labute approximate surface area is 114 Å². The first kappa shape index (κ1) is 13.3. The summed E-state index contributed by atoms with van der Waals surface area (Å²) in [6.45, 7) is 2.93. The van der Waals surface area contributed by atoms with Crippen LogP contribution in [0.1, 0.15) is 30.7 Å². The Morgan fingerprint density at radius 2 is 2.22 bits per heavy atom. The van der Waals surface area contributed by atoms with E-state index in [0.29, 0.717) is 0 Å². The molecule has 0 aliphatic heterocycles. The number of hydrogen-bond donors (Lipinski definition) is 1. The van der Waals surface area contributed by atoms with Crippen LogP contribution < -0.4 is 5.32 Å². The van der Waals surface area contributed by atoms with Crippen molar-refractivity contribution in [2.45, 2.75) is 19.4 Å². The summed E-state index contributed by atoms with van der Waals surface area (Å²) >= 11 is 3.45. The van der Waals surface area contributed by atoms with E-state index in [1.54, 1.807) is 12.3 Å². The minimum atomic E-state index is -0.238. The molecular weight excluding hydrogens is 297 g/mol. The van der Waals surface area contributed by atoms with Gasteiger partial charge in [0, 0.05) is 0 Å². The maximum Gasteiger partial charge on any atom is 0.139 e. The molecule has 1 aromatic heterocycles. The minimum absolute atomic E-state index is 0.134. The van der Waals surface area contributed by atoms with Crippen molar-refractivity contribution in [2.24, 2.45) is 0 Å². The molecule has 0 bridgehead atoms. The fourth-order valence-electron chi connectivity index (χ4n) is 1.85. The summed E-state index contributed by atoms with van der Waals surface area (Å²) in [5.74, 6) is 0.535. The second-order valence-electron chi connectivity index (χ2n) is 4.07. The van der Waals surface area contributed by atoms with Crippen LogP contribution in [0.15, 0.2) is 45.5 Å². The fraction of sp³-hybridized carbons (Fsp3) is 0.286. The normalized spacial score (nSPS) is 12.6. The first-order valence-corrected chi connectivity index (χ1v) is 6.73. The summed E-state index contributed by atoms with van der Waals surface area (Å²) in [6.07, 6.45) is 2.63. The summed E-state index contributed by atoms with van der Waals surface area (Å²) in [7, 11) is 0. The Bertz CT molecular complexity index is 512. The largest absolute Gasteiger partial charge is 0.466 e. The molecule has 2 aromatic rings. The summed E-state index contributed by atoms with van der Waals surface area (Å²) in [4.78, 5) is 0. The highest BCUT2D eigenvalue weighted by Crippen LogP contribution is 2.29. The third kappa shape index (κ3) is 3.00. The van der Waals surface area contributed by atoms with Crippen LogP contribution in [0.4, 0.5) is 4.39 Å². The molecule has 0 amide bonds. The lowest BCUT2D eigenvalue weighted by Gasteiger charge is -2.17. The monoisotopic (exact) mass is 311 g/mol. The van der Waals surface area contributed by atoms with Crippen molar-refractivity contribution in [2.75, 3.05) is 6.54 Å². The second kappa shape index (κ2) is 6.16. The van der Waals surface area contributed by atoms with E-state index < -0.39 is 0 Å². The highest BCUT2D eigenvalue weighted by Gasteiger charge is 2.19. The molecule has 0 aliphatic rings. The number of rotatable bonds is 5. The average molecular weight is 312 g/mol. The molecule has 1 aromatic carbocycles. The van der Waals surface area contributed by atoms with Crippen LogP contribution in [0.2, 0.25) is 0 Å². The lowest BCUT2D eigenvalue weighted by atomic mass is 10.0. The predicted octanol–water partition coefficient (Wildman–Crippen LogP) is 4.27. The molecule has 0 spiro atoms. The molecule has 18 heavy (non-hydrogen) atoms. The van der Waals surface area contributed by atoms with Crippen molar-refractivity contribution >= 4 is 15.9 Å². The van der Waals surface area contributed by atoms with Gasteiger partial charge in [-0.1, -0.05) is 19.1 Å². The molecule has 0 fully saturated rings. The van der Waals surface area contributed by atoms with Crippen LogP contribution >= 0.6 is 15.9 Å². The highest BCUT2D eigenvalue weighted by atomic mass is 79.9. The van der Waals surface area contributed by atoms with E-state index in [4.69, 9.17) is 4.42 Å². The number of furan rings is 1. The second-order valence-corrected chi connectivity index (χ2v) is 4.93. The standard InChI is InChI=1S/C14H15BrFNO/c1-2-7-17-13(14-12(15)6-8-18-14)10-4-3-5-11(16)9-10/h3-6,8-9,13,17H,2,7H2,1H3. The van der Waals surface area contributed by atoms with E-state index in [-0.39, 0.29) is 11.9 Å². The maximum atomic E-state index is 13.3. The molecule has 1 N–H and O–H groups in total. The third-order valence-electron chi connectivity index (χ3n) is 2.69. The Morgan fingerprint density at radius 3 is 2.83 bits per heavy atom. The van der Waals surface area contributed by atoms with Gasteiger partial charge in [-0.15, -0.1) is 0 Å². The smallest absolute Gasteiger partial charge is 0.139 e. The van der Waals surface area contributed by atoms with Gasteiger partial charge in [0.25, 0.3) is 0 Å².